The molecule has 0 atom stereocenters. The quantitative estimate of drug-likeness (QED) is 0.0414. The van der Waals surface area contributed by atoms with Gasteiger partial charge in [0.25, 0.3) is 0 Å². The number of aryl methyl sites for hydroxylation is 2. The van der Waals surface area contributed by atoms with Gasteiger partial charge in [-0.25, -0.2) is 0 Å². The fourth-order valence-corrected chi connectivity index (χ4v) is 6.78. The summed E-state index contributed by atoms with van der Waals surface area (Å²) in [5.74, 6) is 0. The Morgan fingerprint density at radius 1 is 0.392 bits per heavy atom. The molecule has 0 saturated carbocycles. The summed E-state index contributed by atoms with van der Waals surface area (Å²) >= 11 is 0. The third-order valence-corrected chi connectivity index (χ3v) is 10.1. The maximum atomic E-state index is 5.50. The van der Waals surface area contributed by atoms with Crippen molar-refractivity contribution >= 4 is 22.8 Å². The maximum Gasteiger partial charge on any atom is 0.0665 e. The smallest absolute Gasteiger partial charge is 0.0665 e. The van der Waals surface area contributed by atoms with Crippen LogP contribution >= 0.6 is 0 Å². The lowest BCUT2D eigenvalue weighted by Crippen LogP contribution is -2.15. The van der Waals surface area contributed by atoms with Crippen molar-refractivity contribution in [3.63, 3.8) is 0 Å². The highest BCUT2D eigenvalue weighted by molar-refractivity contribution is 6.43. The minimum atomic E-state index is 0.996. The van der Waals surface area contributed by atoms with Crippen molar-refractivity contribution < 1.29 is 0 Å². The molecule has 0 aromatic heterocycles. The van der Waals surface area contributed by atoms with Gasteiger partial charge in [-0.15, -0.1) is 0 Å². The van der Waals surface area contributed by atoms with E-state index in [2.05, 4.69) is 101 Å². The van der Waals surface area contributed by atoms with Crippen molar-refractivity contribution in [1.82, 2.24) is 0 Å². The van der Waals surface area contributed by atoms with E-state index in [1.165, 1.54) is 151 Å². The lowest BCUT2D eigenvalue weighted by molar-refractivity contribution is 0.611. The van der Waals surface area contributed by atoms with E-state index in [1.54, 1.807) is 0 Å². The van der Waals surface area contributed by atoms with Gasteiger partial charge >= 0.3 is 0 Å². The van der Waals surface area contributed by atoms with Crippen molar-refractivity contribution in [2.75, 3.05) is 0 Å². The highest BCUT2D eigenvalue weighted by Gasteiger charge is 2.13. The van der Waals surface area contributed by atoms with Crippen molar-refractivity contribution in [3.05, 3.63) is 84.0 Å². The average Bonchev–Trinajstić information content (AvgIpc) is 3.15. The van der Waals surface area contributed by atoms with E-state index in [1.807, 2.05) is 0 Å². The van der Waals surface area contributed by atoms with E-state index >= 15 is 0 Å². The molecule has 0 aliphatic heterocycles. The zero-order chi connectivity index (χ0) is 36.5. The molecule has 0 spiro atoms. The van der Waals surface area contributed by atoms with Crippen LogP contribution in [0.4, 0.5) is 11.4 Å². The number of hydrogen-bond acceptors (Lipinski definition) is 2. The molecule has 51 heavy (non-hydrogen) atoms. The van der Waals surface area contributed by atoms with Gasteiger partial charge in [0.15, 0.2) is 0 Å². The molecule has 0 radical (unpaired) electrons. The lowest BCUT2D eigenvalue weighted by Gasteiger charge is -2.14. The molecule has 2 aromatic rings. The number of nitrogens with zero attached hydrogens (tertiary/aromatic N) is 2. The predicted molar refractivity (Wildman–Crippen MR) is 231 cm³/mol. The topological polar surface area (TPSA) is 24.7 Å². The first kappa shape index (κ1) is 44.4. The summed E-state index contributed by atoms with van der Waals surface area (Å²) in [6.45, 7) is 9.17. The second-order valence-electron chi connectivity index (χ2n) is 14.8. The van der Waals surface area contributed by atoms with Crippen molar-refractivity contribution in [2.45, 2.75) is 201 Å². The lowest BCUT2D eigenvalue weighted by atomic mass is 10.00. The van der Waals surface area contributed by atoms with Crippen molar-refractivity contribution in [3.8, 4) is 0 Å². The Kier molecular flexibility index (Phi) is 27.8. The Bertz CT molecular complexity index is 1230. The molecule has 0 saturated heterocycles. The van der Waals surface area contributed by atoms with Crippen LogP contribution in [0.25, 0.3) is 0 Å². The summed E-state index contributed by atoms with van der Waals surface area (Å²) in [6, 6.07) is 17.7. The highest BCUT2D eigenvalue weighted by Crippen LogP contribution is 2.26. The minimum absolute atomic E-state index is 0.996. The number of hydrogen-bond donors (Lipinski definition) is 0. The SMILES string of the molecule is CCCCCCCC/C=C/CCc1ccccc1N=C(CCCCC)C(CCCCCC)=Nc1ccccc1CC/C=C/CCCCCCCC. The van der Waals surface area contributed by atoms with Gasteiger partial charge in [-0.1, -0.05) is 185 Å². The van der Waals surface area contributed by atoms with Crippen LogP contribution in [0.1, 0.15) is 199 Å². The third-order valence-electron chi connectivity index (χ3n) is 10.1. The van der Waals surface area contributed by atoms with Crippen LogP contribution in [-0.2, 0) is 12.8 Å². The first-order valence-corrected chi connectivity index (χ1v) is 21.8. The molecule has 0 heterocycles. The van der Waals surface area contributed by atoms with Gasteiger partial charge in [-0.3, -0.25) is 9.98 Å². The average molecular weight is 695 g/mol. The molecular weight excluding hydrogens is 617 g/mol. The summed E-state index contributed by atoms with van der Waals surface area (Å²) in [7, 11) is 0. The standard InChI is InChI=1S/C49H78N2/c1-5-9-13-16-18-20-22-24-26-29-36-44-38-32-34-40-46(44)50-48(42-28-12-8-4)49(43-31-15-11-7-3)51-47-41-35-33-39-45(47)37-30-27-25-23-21-19-17-14-10-6-2/h24-27,32-35,38-41H,5-23,28-31,36-37,42-43H2,1-4H3/b26-24+,27-25+,50-48?,51-49?. The van der Waals surface area contributed by atoms with E-state index < -0.39 is 0 Å². The molecule has 2 nitrogen and oxygen atoms in total. The molecule has 0 unspecified atom stereocenters. The largest absolute Gasteiger partial charge is 0.251 e. The van der Waals surface area contributed by atoms with Crippen molar-refractivity contribution in [1.29, 1.82) is 0 Å². The monoisotopic (exact) mass is 695 g/mol. The number of unbranched alkanes of at least 4 members (excludes halogenated alkanes) is 17. The number of aliphatic imine (C=N–C) groups is 2. The normalized spacial score (nSPS) is 12.5. The molecule has 0 fully saturated rings. The van der Waals surface area contributed by atoms with Gasteiger partial charge in [0, 0.05) is 0 Å². The molecule has 0 N–H and O–H groups in total. The first-order chi connectivity index (χ1) is 25.2. The van der Waals surface area contributed by atoms with Crippen LogP contribution < -0.4 is 0 Å². The Morgan fingerprint density at radius 2 is 0.725 bits per heavy atom. The highest BCUT2D eigenvalue weighted by atomic mass is 14.8. The number of para-hydroxylation sites is 2. The summed E-state index contributed by atoms with van der Waals surface area (Å²) in [6.07, 6.45) is 43.2. The van der Waals surface area contributed by atoms with Gasteiger partial charge in [-0.05, 0) is 100 Å². The van der Waals surface area contributed by atoms with Crippen LogP contribution in [0, 0.1) is 0 Å². The van der Waals surface area contributed by atoms with E-state index in [-0.39, 0.29) is 0 Å². The zero-order valence-electron chi connectivity index (χ0n) is 33.9. The summed E-state index contributed by atoms with van der Waals surface area (Å²) in [5, 5.41) is 0. The summed E-state index contributed by atoms with van der Waals surface area (Å²) in [4.78, 5) is 11.0. The van der Waals surface area contributed by atoms with Gasteiger partial charge in [-0.2, -0.15) is 0 Å². The predicted octanol–water partition coefficient (Wildman–Crippen LogP) is 16.6. The Hall–Kier alpha value is -2.74. The zero-order valence-corrected chi connectivity index (χ0v) is 33.9. The maximum absolute atomic E-state index is 5.50. The third kappa shape index (κ3) is 22.1. The fraction of sp³-hybridized carbons (Fsp3) is 0.633. The molecule has 2 heteroatoms. The number of allylic oxidation sites excluding steroid dienone is 4. The summed E-state index contributed by atoms with van der Waals surface area (Å²) < 4.78 is 0. The molecular formula is C49H78N2. The molecule has 2 rings (SSSR count). The Balaban J connectivity index is 2.22. The van der Waals surface area contributed by atoms with Crippen LogP contribution in [0.3, 0.4) is 0 Å². The number of benzene rings is 2. The molecule has 0 aliphatic rings. The van der Waals surface area contributed by atoms with E-state index in [4.69, 9.17) is 9.98 Å². The van der Waals surface area contributed by atoms with Crippen LogP contribution in [-0.4, -0.2) is 11.4 Å². The number of rotatable bonds is 32. The van der Waals surface area contributed by atoms with E-state index in [0.29, 0.717) is 0 Å². The first-order valence-electron chi connectivity index (χ1n) is 21.8. The van der Waals surface area contributed by atoms with Crippen LogP contribution in [0.2, 0.25) is 0 Å². The van der Waals surface area contributed by atoms with Crippen molar-refractivity contribution in [2.24, 2.45) is 9.98 Å². The molecule has 0 aliphatic carbocycles. The summed E-state index contributed by atoms with van der Waals surface area (Å²) in [5.41, 5.74) is 7.40. The van der Waals surface area contributed by atoms with Crippen LogP contribution in [0.15, 0.2) is 82.8 Å². The molecule has 2 aromatic carbocycles. The van der Waals surface area contributed by atoms with Gasteiger partial charge in [0.1, 0.15) is 0 Å². The second kappa shape index (κ2) is 32.0. The molecule has 0 bridgehead atoms. The van der Waals surface area contributed by atoms with Gasteiger partial charge in [0.2, 0.25) is 0 Å². The molecule has 0 amide bonds. The Morgan fingerprint density at radius 3 is 1.18 bits per heavy atom. The Labute approximate surface area is 316 Å². The fourth-order valence-electron chi connectivity index (χ4n) is 6.78. The van der Waals surface area contributed by atoms with E-state index in [0.717, 1.165) is 56.3 Å². The molecule has 284 valence electrons. The van der Waals surface area contributed by atoms with Gasteiger partial charge in [0.05, 0.1) is 22.8 Å². The van der Waals surface area contributed by atoms with Crippen LogP contribution in [0.5, 0.6) is 0 Å². The second-order valence-corrected chi connectivity index (χ2v) is 14.8. The minimum Gasteiger partial charge on any atom is -0.251 e. The van der Waals surface area contributed by atoms with E-state index in [9.17, 15) is 0 Å². The van der Waals surface area contributed by atoms with Gasteiger partial charge < -0.3 is 0 Å².